The van der Waals surface area contributed by atoms with Crippen LogP contribution in [0.5, 0.6) is 0 Å². The molecule has 74 valence electrons. The predicted octanol–water partition coefficient (Wildman–Crippen LogP) is 1.53. The highest BCUT2D eigenvalue weighted by atomic mass is 79.9. The molecule has 0 aliphatic carbocycles. The number of benzene rings is 1. The molecule has 15 heavy (non-hydrogen) atoms. The highest BCUT2D eigenvalue weighted by molar-refractivity contribution is 9.12. The number of nitrogens with zero attached hydrogens (tertiary/aromatic N) is 1. The molecule has 0 saturated carbocycles. The zero-order valence-electron chi connectivity index (χ0n) is 7.75. The Morgan fingerprint density at radius 2 is 2.33 bits per heavy atom. The summed E-state index contributed by atoms with van der Waals surface area (Å²) >= 11 is 2.83. The summed E-state index contributed by atoms with van der Waals surface area (Å²) < 4.78 is 0. The highest BCUT2D eigenvalue weighted by Crippen LogP contribution is 2.03. The topological polar surface area (TPSA) is 52.9 Å². The van der Waals surface area contributed by atoms with Gasteiger partial charge in [0.2, 0.25) is 0 Å². The van der Waals surface area contributed by atoms with Crippen molar-refractivity contribution in [2.45, 2.75) is 6.54 Å². The van der Waals surface area contributed by atoms with Crippen molar-refractivity contribution in [3.8, 4) is 16.8 Å². The van der Waals surface area contributed by atoms with E-state index in [0.717, 1.165) is 5.56 Å². The number of amides is 1. The van der Waals surface area contributed by atoms with Crippen molar-refractivity contribution in [3.05, 3.63) is 35.4 Å². The Balaban J connectivity index is 2.61. The minimum Gasteiger partial charge on any atom is -0.341 e. The van der Waals surface area contributed by atoms with E-state index in [4.69, 9.17) is 5.26 Å². The molecule has 0 aliphatic rings. The molecule has 0 unspecified atom stereocenters. The zero-order valence-corrected chi connectivity index (χ0v) is 9.34. The fraction of sp³-hybridized carbons (Fsp3) is 0.0909. The number of carbonyl (C=O) groups is 1. The Bertz CT molecular complexity index is 465. The van der Waals surface area contributed by atoms with E-state index in [1.165, 1.54) is 0 Å². The largest absolute Gasteiger partial charge is 0.341 e. The fourth-order valence-electron chi connectivity index (χ4n) is 1.02. The molecule has 0 aromatic heterocycles. The van der Waals surface area contributed by atoms with Crippen LogP contribution < -0.4 is 5.32 Å². The van der Waals surface area contributed by atoms with E-state index >= 15 is 0 Å². The summed E-state index contributed by atoms with van der Waals surface area (Å²) in [5.74, 6) is 1.94. The van der Waals surface area contributed by atoms with Crippen molar-refractivity contribution < 1.29 is 4.79 Å². The van der Waals surface area contributed by atoms with Gasteiger partial charge in [0.15, 0.2) is 0 Å². The first-order chi connectivity index (χ1) is 7.26. The average Bonchev–Trinajstić information content (AvgIpc) is 2.27. The van der Waals surface area contributed by atoms with Gasteiger partial charge in [0, 0.05) is 28.4 Å². The second-order valence-corrected chi connectivity index (χ2v) is 3.11. The summed E-state index contributed by atoms with van der Waals surface area (Å²) in [6, 6.07) is 9.08. The molecule has 0 saturated heterocycles. The Hall–Kier alpha value is -1.78. The maximum absolute atomic E-state index is 11.0. The van der Waals surface area contributed by atoms with Crippen LogP contribution in [0.25, 0.3) is 0 Å². The predicted molar refractivity (Wildman–Crippen MR) is 59.7 cm³/mol. The third-order valence-corrected chi connectivity index (χ3v) is 1.87. The van der Waals surface area contributed by atoms with Crippen molar-refractivity contribution >= 4 is 21.8 Å². The van der Waals surface area contributed by atoms with Gasteiger partial charge in [-0.25, -0.2) is 0 Å². The van der Waals surface area contributed by atoms with Crippen molar-refractivity contribution in [1.29, 1.82) is 5.26 Å². The lowest BCUT2D eigenvalue weighted by molar-refractivity contribution is -0.115. The van der Waals surface area contributed by atoms with E-state index in [0.29, 0.717) is 12.1 Å². The normalized spacial score (nSPS) is 8.27. The van der Waals surface area contributed by atoms with Crippen LogP contribution in [0.1, 0.15) is 11.1 Å². The number of nitrogens with one attached hydrogen (secondary N) is 1. The van der Waals surface area contributed by atoms with Crippen molar-refractivity contribution in [2.75, 3.05) is 0 Å². The summed E-state index contributed by atoms with van der Waals surface area (Å²) in [6.07, 6.45) is 0. The quantitative estimate of drug-likeness (QED) is 0.822. The molecule has 0 aliphatic heterocycles. The van der Waals surface area contributed by atoms with Crippen LogP contribution >= 0.6 is 15.9 Å². The van der Waals surface area contributed by atoms with Gasteiger partial charge in [-0.15, -0.1) is 0 Å². The Morgan fingerprint density at radius 1 is 1.53 bits per heavy atom. The summed E-state index contributed by atoms with van der Waals surface area (Å²) in [5, 5.41) is 11.3. The third-order valence-electron chi connectivity index (χ3n) is 1.67. The smallest absolute Gasteiger partial charge is 0.297 e. The first kappa shape index (κ1) is 11.3. The number of hydrogen-bond donors (Lipinski definition) is 1. The molecule has 1 aromatic carbocycles. The van der Waals surface area contributed by atoms with Gasteiger partial charge in [-0.2, -0.15) is 5.26 Å². The molecule has 1 N–H and O–H groups in total. The third kappa shape index (κ3) is 3.84. The first-order valence-electron chi connectivity index (χ1n) is 4.15. The van der Waals surface area contributed by atoms with Crippen LogP contribution in [-0.4, -0.2) is 5.91 Å². The van der Waals surface area contributed by atoms with Gasteiger partial charge in [0.25, 0.3) is 5.91 Å². The van der Waals surface area contributed by atoms with Crippen molar-refractivity contribution in [1.82, 2.24) is 5.32 Å². The molecule has 3 nitrogen and oxygen atoms in total. The van der Waals surface area contributed by atoms with Crippen molar-refractivity contribution in [2.24, 2.45) is 0 Å². The van der Waals surface area contributed by atoms with E-state index in [1.807, 2.05) is 12.1 Å². The van der Waals surface area contributed by atoms with Crippen LogP contribution in [0.3, 0.4) is 0 Å². The standard InChI is InChI=1S/C11H7BrN2O/c12-5-4-11(15)14-8-10-3-1-2-9(6-10)7-13/h1-3,6H,8H2,(H,14,15). The van der Waals surface area contributed by atoms with Crippen LogP contribution in [0.2, 0.25) is 0 Å². The monoisotopic (exact) mass is 262 g/mol. The molecule has 1 aromatic rings. The lowest BCUT2D eigenvalue weighted by Gasteiger charge is -2.01. The highest BCUT2D eigenvalue weighted by Gasteiger charge is 1.97. The molecular weight excluding hydrogens is 256 g/mol. The maximum atomic E-state index is 11.0. The molecular formula is C11H7BrN2O. The molecule has 0 heterocycles. The molecule has 1 rings (SSSR count). The number of carbonyl (C=O) groups excluding carboxylic acids is 1. The van der Waals surface area contributed by atoms with Gasteiger partial charge >= 0.3 is 0 Å². The minimum atomic E-state index is -0.353. The summed E-state index contributed by atoms with van der Waals surface area (Å²) in [4.78, 5) is 13.3. The first-order valence-corrected chi connectivity index (χ1v) is 4.94. The molecule has 4 heteroatoms. The lowest BCUT2D eigenvalue weighted by Crippen LogP contribution is -2.20. The van der Waals surface area contributed by atoms with Crippen molar-refractivity contribution in [3.63, 3.8) is 0 Å². The lowest BCUT2D eigenvalue weighted by atomic mass is 10.1. The number of rotatable bonds is 2. The summed E-state index contributed by atoms with van der Waals surface area (Å²) in [6.45, 7) is 0.371. The number of nitriles is 1. The van der Waals surface area contributed by atoms with E-state index in [-0.39, 0.29) is 5.91 Å². The molecule has 0 fully saturated rings. The van der Waals surface area contributed by atoms with Crippen LogP contribution in [-0.2, 0) is 11.3 Å². The second-order valence-electron chi connectivity index (χ2n) is 2.71. The average molecular weight is 263 g/mol. The Labute approximate surface area is 96.2 Å². The Kier molecular flexibility index (Phi) is 4.40. The SMILES string of the molecule is N#Cc1cccc(CNC(=O)C#CBr)c1. The molecule has 0 spiro atoms. The van der Waals surface area contributed by atoms with E-state index in [9.17, 15) is 4.79 Å². The zero-order chi connectivity index (χ0) is 11.1. The van der Waals surface area contributed by atoms with Gasteiger partial charge in [-0.05, 0) is 22.5 Å². The maximum Gasteiger partial charge on any atom is 0.297 e. The Morgan fingerprint density at radius 3 is 3.00 bits per heavy atom. The number of hydrogen-bond acceptors (Lipinski definition) is 2. The van der Waals surface area contributed by atoms with E-state index in [2.05, 4.69) is 32.0 Å². The van der Waals surface area contributed by atoms with Gasteiger partial charge in [0.05, 0.1) is 11.6 Å². The molecule has 0 bridgehead atoms. The second kappa shape index (κ2) is 5.85. The van der Waals surface area contributed by atoms with Gasteiger partial charge in [0.1, 0.15) is 0 Å². The summed E-state index contributed by atoms with van der Waals surface area (Å²) in [7, 11) is 0. The van der Waals surface area contributed by atoms with E-state index in [1.54, 1.807) is 18.2 Å². The van der Waals surface area contributed by atoms with Gasteiger partial charge < -0.3 is 5.32 Å². The molecule has 0 atom stereocenters. The van der Waals surface area contributed by atoms with Gasteiger partial charge in [-0.3, -0.25) is 4.79 Å². The van der Waals surface area contributed by atoms with Gasteiger partial charge in [-0.1, -0.05) is 12.1 Å². The van der Waals surface area contributed by atoms with Crippen LogP contribution in [0.15, 0.2) is 24.3 Å². The van der Waals surface area contributed by atoms with Crippen LogP contribution in [0.4, 0.5) is 0 Å². The number of halogens is 1. The molecule has 1 amide bonds. The van der Waals surface area contributed by atoms with E-state index < -0.39 is 0 Å². The fourth-order valence-corrected chi connectivity index (χ4v) is 1.20. The molecule has 0 radical (unpaired) electrons. The minimum absolute atomic E-state index is 0.353. The summed E-state index contributed by atoms with van der Waals surface area (Å²) in [5.41, 5.74) is 1.45. The van der Waals surface area contributed by atoms with Crippen LogP contribution in [0, 0.1) is 22.1 Å².